The van der Waals surface area contributed by atoms with Crippen molar-refractivity contribution in [3.63, 3.8) is 0 Å². The fourth-order valence-electron chi connectivity index (χ4n) is 3.47. The summed E-state index contributed by atoms with van der Waals surface area (Å²) in [4.78, 5) is 34.2. The fourth-order valence-corrected chi connectivity index (χ4v) is 3.47. The van der Waals surface area contributed by atoms with Crippen LogP contribution in [0.5, 0.6) is 5.75 Å². The third kappa shape index (κ3) is 4.15. The lowest BCUT2D eigenvalue weighted by atomic mass is 10.1. The van der Waals surface area contributed by atoms with Crippen molar-refractivity contribution in [1.29, 1.82) is 0 Å². The summed E-state index contributed by atoms with van der Waals surface area (Å²) < 4.78 is 10.9. The summed E-state index contributed by atoms with van der Waals surface area (Å²) >= 11 is 0. The van der Waals surface area contributed by atoms with Gasteiger partial charge in [0.1, 0.15) is 0 Å². The molecule has 0 saturated carbocycles. The van der Waals surface area contributed by atoms with Gasteiger partial charge in [0.05, 0.1) is 6.61 Å². The van der Waals surface area contributed by atoms with Crippen LogP contribution in [-0.2, 0) is 9.53 Å². The summed E-state index contributed by atoms with van der Waals surface area (Å²) in [5.74, 6) is -0.231. The smallest absolute Gasteiger partial charge is 0.347 e. The van der Waals surface area contributed by atoms with Gasteiger partial charge in [0, 0.05) is 56.7 Å². The molecular formula is C21H23N5O5. The summed E-state index contributed by atoms with van der Waals surface area (Å²) in [6, 6.07) is 3.65. The van der Waals surface area contributed by atoms with Gasteiger partial charge >= 0.3 is 5.97 Å². The summed E-state index contributed by atoms with van der Waals surface area (Å²) in [5.41, 5.74) is 4.46. The number of piperazine rings is 1. The highest BCUT2D eigenvalue weighted by atomic mass is 16.5. The molecule has 0 atom stereocenters. The maximum absolute atomic E-state index is 12.5. The summed E-state index contributed by atoms with van der Waals surface area (Å²) in [6.07, 6.45) is 4.88. The predicted molar refractivity (Wildman–Crippen MR) is 114 cm³/mol. The van der Waals surface area contributed by atoms with Crippen molar-refractivity contribution < 1.29 is 23.8 Å². The van der Waals surface area contributed by atoms with Crippen molar-refractivity contribution in [3.8, 4) is 5.75 Å². The van der Waals surface area contributed by atoms with E-state index < -0.39 is 5.97 Å². The number of carbonyl (C=O) groups is 2. The molecule has 10 nitrogen and oxygen atoms in total. The number of esters is 1. The second-order valence-corrected chi connectivity index (χ2v) is 7.08. The van der Waals surface area contributed by atoms with Crippen LogP contribution in [0.1, 0.15) is 35.5 Å². The van der Waals surface area contributed by atoms with E-state index in [2.05, 4.69) is 15.4 Å². The number of ether oxygens (including phenoxy) is 1. The van der Waals surface area contributed by atoms with Crippen LogP contribution in [0.15, 0.2) is 27.7 Å². The van der Waals surface area contributed by atoms with Gasteiger partial charge < -0.3 is 19.2 Å². The normalized spacial score (nSPS) is 17.1. The van der Waals surface area contributed by atoms with E-state index in [-0.39, 0.29) is 35.5 Å². The zero-order valence-electron chi connectivity index (χ0n) is 17.3. The maximum atomic E-state index is 12.5. The van der Waals surface area contributed by atoms with Gasteiger partial charge in [-0.3, -0.25) is 10.2 Å². The Balaban J connectivity index is 1.63. The van der Waals surface area contributed by atoms with Crippen LogP contribution in [0.2, 0.25) is 0 Å². The van der Waals surface area contributed by atoms with Crippen LogP contribution < -0.4 is 5.43 Å². The average molecular weight is 425 g/mol. The molecule has 2 N–H and O–H groups in total. The highest BCUT2D eigenvalue weighted by Gasteiger charge is 2.29. The molecule has 0 aromatic carbocycles. The average Bonchev–Trinajstić information content (AvgIpc) is 3.30. The molecule has 162 valence electrons. The topological polar surface area (TPSA) is 121 Å². The second kappa shape index (κ2) is 8.60. The summed E-state index contributed by atoms with van der Waals surface area (Å²) in [5, 5.41) is 12.6. The minimum absolute atomic E-state index is 0.0180. The number of anilines is 1. The van der Waals surface area contributed by atoms with Gasteiger partial charge in [0.25, 0.3) is 0 Å². The molecule has 31 heavy (non-hydrogen) atoms. The van der Waals surface area contributed by atoms with Crippen molar-refractivity contribution in [2.45, 2.75) is 13.8 Å². The van der Waals surface area contributed by atoms with Gasteiger partial charge in [-0.15, -0.1) is 0 Å². The van der Waals surface area contributed by atoms with Crippen molar-refractivity contribution in [3.05, 3.63) is 35.2 Å². The Morgan fingerprint density at radius 3 is 2.81 bits per heavy atom. The molecule has 0 unspecified atom stereocenters. The first kappa shape index (κ1) is 20.6. The molecule has 1 amide bonds. The zero-order chi connectivity index (χ0) is 22.0. The number of nitrogens with one attached hydrogen (secondary N) is 1. The monoisotopic (exact) mass is 425 g/mol. The second-order valence-electron chi connectivity index (χ2n) is 7.08. The number of hydrogen-bond acceptors (Lipinski definition) is 9. The Morgan fingerprint density at radius 1 is 1.32 bits per heavy atom. The lowest BCUT2D eigenvalue weighted by molar-refractivity contribution is -0.130. The van der Waals surface area contributed by atoms with Crippen LogP contribution in [0, 0.1) is 0 Å². The van der Waals surface area contributed by atoms with Crippen LogP contribution in [0.25, 0.3) is 11.6 Å². The number of allylic oxidation sites excluding steroid dienone is 1. The third-order valence-corrected chi connectivity index (χ3v) is 5.08. The van der Waals surface area contributed by atoms with E-state index >= 15 is 0 Å². The number of aliphatic imine (C=N–C) groups is 1. The molecule has 2 aromatic rings. The van der Waals surface area contributed by atoms with Crippen LogP contribution in [-0.4, -0.2) is 70.9 Å². The first-order chi connectivity index (χ1) is 15.0. The van der Waals surface area contributed by atoms with E-state index in [4.69, 9.17) is 9.15 Å². The van der Waals surface area contributed by atoms with Crippen LogP contribution >= 0.6 is 0 Å². The van der Waals surface area contributed by atoms with Crippen molar-refractivity contribution in [2.75, 3.05) is 38.2 Å². The highest BCUT2D eigenvalue weighted by Crippen LogP contribution is 2.38. The maximum Gasteiger partial charge on any atom is 0.347 e. The van der Waals surface area contributed by atoms with Crippen LogP contribution in [0.4, 0.5) is 11.7 Å². The number of rotatable bonds is 5. The largest absolute Gasteiger partial charge is 0.504 e. The summed E-state index contributed by atoms with van der Waals surface area (Å²) in [7, 11) is 0. The van der Waals surface area contributed by atoms with Gasteiger partial charge in [-0.1, -0.05) is 0 Å². The number of nitrogens with zero attached hydrogens (tertiary/aromatic N) is 4. The number of fused-ring (bicyclic) bond motifs is 1. The molecule has 1 fully saturated rings. The van der Waals surface area contributed by atoms with E-state index in [1.165, 1.54) is 6.92 Å². The number of carbonyl (C=O) groups excluding carboxylic acids is 2. The minimum atomic E-state index is -0.694. The number of hydrazine groups is 1. The van der Waals surface area contributed by atoms with Crippen molar-refractivity contribution in [2.24, 2.45) is 4.99 Å². The first-order valence-corrected chi connectivity index (χ1v) is 9.99. The predicted octanol–water partition coefficient (Wildman–Crippen LogP) is 2.30. The molecule has 4 heterocycles. The van der Waals surface area contributed by atoms with E-state index in [1.54, 1.807) is 36.4 Å². The Labute approximate surface area is 178 Å². The van der Waals surface area contributed by atoms with Gasteiger partial charge in [-0.05, 0) is 25.1 Å². The summed E-state index contributed by atoms with van der Waals surface area (Å²) in [6.45, 7) is 5.53. The molecule has 0 bridgehead atoms. The van der Waals surface area contributed by atoms with E-state index in [1.807, 2.05) is 11.1 Å². The Kier molecular flexibility index (Phi) is 5.72. The SMILES string of the molecule is CCOC(=O)c1c(NN2CCN(C(C)=O)CC2)oc(C=C2C=Nc3ncccc32)c1O. The number of aromatic hydroxyl groups is 1. The molecule has 10 heteroatoms. The molecule has 1 saturated heterocycles. The van der Waals surface area contributed by atoms with Crippen molar-refractivity contribution >= 4 is 41.4 Å². The van der Waals surface area contributed by atoms with E-state index in [0.29, 0.717) is 37.6 Å². The lowest BCUT2D eigenvalue weighted by Crippen LogP contribution is -2.50. The first-order valence-electron chi connectivity index (χ1n) is 9.99. The number of hydrogen-bond donors (Lipinski definition) is 2. The van der Waals surface area contributed by atoms with Gasteiger partial charge in [-0.25, -0.2) is 19.8 Å². The Bertz CT molecular complexity index is 1070. The van der Waals surface area contributed by atoms with E-state index in [0.717, 1.165) is 5.56 Å². The molecule has 4 rings (SSSR count). The number of aromatic nitrogens is 1. The molecule has 2 aromatic heterocycles. The molecule has 2 aliphatic rings. The number of pyridine rings is 1. The molecule has 0 aliphatic carbocycles. The van der Waals surface area contributed by atoms with Gasteiger partial charge in [-0.2, -0.15) is 0 Å². The molecule has 0 spiro atoms. The van der Waals surface area contributed by atoms with Crippen LogP contribution in [0.3, 0.4) is 0 Å². The quantitative estimate of drug-likeness (QED) is 0.700. The fraction of sp³-hybridized carbons (Fsp3) is 0.333. The molecule has 2 aliphatic heterocycles. The standard InChI is InChI=1S/C21H23N5O5/c1-3-30-21(29)17-18(28)16(11-14-12-23-19-15(14)5-4-6-22-19)31-20(17)24-26-9-7-25(8-10-26)13(2)27/h4-6,11-12,24,28H,3,7-10H2,1-2H3. The molecule has 0 radical (unpaired) electrons. The number of furan rings is 1. The minimum Gasteiger partial charge on any atom is -0.504 e. The number of amides is 1. The lowest BCUT2D eigenvalue weighted by Gasteiger charge is -2.34. The third-order valence-electron chi connectivity index (χ3n) is 5.08. The van der Waals surface area contributed by atoms with Gasteiger partial charge in [0.15, 0.2) is 22.9 Å². The van der Waals surface area contributed by atoms with E-state index in [9.17, 15) is 14.7 Å². The zero-order valence-corrected chi connectivity index (χ0v) is 17.3. The highest BCUT2D eigenvalue weighted by molar-refractivity contribution is 6.21. The van der Waals surface area contributed by atoms with Crippen molar-refractivity contribution in [1.82, 2.24) is 14.9 Å². The Hall–Kier alpha value is -3.66. The molecular weight excluding hydrogens is 402 g/mol. The Morgan fingerprint density at radius 2 is 2.10 bits per heavy atom. The van der Waals surface area contributed by atoms with Gasteiger partial charge in [0.2, 0.25) is 11.8 Å².